The van der Waals surface area contributed by atoms with Crippen LogP contribution >= 0.6 is 0 Å². The van der Waals surface area contributed by atoms with Crippen LogP contribution < -0.4 is 15.4 Å². The zero-order valence-corrected chi connectivity index (χ0v) is 17.0. The normalized spacial score (nSPS) is 19.9. The average molecular weight is 421 g/mol. The Hall–Kier alpha value is -2.77. The molecule has 3 atom stereocenters. The van der Waals surface area contributed by atoms with Crippen LogP contribution in [-0.2, 0) is 11.0 Å². The van der Waals surface area contributed by atoms with Crippen molar-refractivity contribution < 1.29 is 22.7 Å². The zero-order chi connectivity index (χ0) is 21.7. The SMILES string of the molecule is CCC(=O)N[C@@H](C)c1ccc(OC2CCC(Nc3cccc(C(F)(F)F)n3)C2)cc1. The molecule has 1 amide bonds. The molecule has 1 saturated carbocycles. The third-order valence-corrected chi connectivity index (χ3v) is 5.16. The molecule has 0 radical (unpaired) electrons. The van der Waals surface area contributed by atoms with Crippen molar-refractivity contribution in [3.8, 4) is 5.75 Å². The molecule has 8 heteroatoms. The lowest BCUT2D eigenvalue weighted by atomic mass is 10.1. The lowest BCUT2D eigenvalue weighted by Gasteiger charge is -2.17. The smallest absolute Gasteiger partial charge is 0.433 e. The van der Waals surface area contributed by atoms with E-state index < -0.39 is 11.9 Å². The van der Waals surface area contributed by atoms with E-state index in [1.54, 1.807) is 6.07 Å². The second-order valence-corrected chi connectivity index (χ2v) is 7.51. The maximum absolute atomic E-state index is 12.8. The molecule has 162 valence electrons. The van der Waals surface area contributed by atoms with Crippen molar-refractivity contribution in [2.75, 3.05) is 5.32 Å². The van der Waals surface area contributed by atoms with Gasteiger partial charge >= 0.3 is 6.18 Å². The highest BCUT2D eigenvalue weighted by Gasteiger charge is 2.33. The van der Waals surface area contributed by atoms with E-state index in [1.165, 1.54) is 6.07 Å². The van der Waals surface area contributed by atoms with Gasteiger partial charge in [-0.25, -0.2) is 4.98 Å². The molecular formula is C22H26F3N3O2. The van der Waals surface area contributed by atoms with Crippen LogP contribution in [0.5, 0.6) is 5.75 Å². The van der Waals surface area contributed by atoms with Crippen molar-refractivity contribution in [1.29, 1.82) is 0 Å². The first kappa shape index (κ1) is 21.9. The number of ether oxygens (including phenoxy) is 1. The van der Waals surface area contributed by atoms with Crippen LogP contribution in [-0.4, -0.2) is 23.0 Å². The molecule has 3 rings (SSSR count). The second-order valence-electron chi connectivity index (χ2n) is 7.51. The summed E-state index contributed by atoms with van der Waals surface area (Å²) in [5.41, 5.74) is 0.0912. The summed E-state index contributed by atoms with van der Waals surface area (Å²) >= 11 is 0. The molecule has 0 bridgehead atoms. The highest BCUT2D eigenvalue weighted by Crippen LogP contribution is 2.30. The van der Waals surface area contributed by atoms with Crippen LogP contribution in [0.15, 0.2) is 42.5 Å². The quantitative estimate of drug-likeness (QED) is 0.653. The van der Waals surface area contributed by atoms with E-state index in [9.17, 15) is 18.0 Å². The van der Waals surface area contributed by atoms with Crippen molar-refractivity contribution in [2.45, 2.75) is 63.9 Å². The summed E-state index contributed by atoms with van der Waals surface area (Å²) in [6, 6.07) is 11.4. The number of hydrogen-bond acceptors (Lipinski definition) is 4. The first-order chi connectivity index (χ1) is 14.2. The molecule has 1 aromatic carbocycles. The Morgan fingerprint density at radius 3 is 2.60 bits per heavy atom. The highest BCUT2D eigenvalue weighted by molar-refractivity contribution is 5.76. The minimum absolute atomic E-state index is 0.00239. The van der Waals surface area contributed by atoms with Crippen LogP contribution in [0.25, 0.3) is 0 Å². The number of carbonyl (C=O) groups is 1. The fraction of sp³-hybridized carbons (Fsp3) is 0.455. The number of alkyl halides is 3. The summed E-state index contributed by atoms with van der Waals surface area (Å²) in [5, 5.41) is 6.00. The van der Waals surface area contributed by atoms with Crippen LogP contribution in [0, 0.1) is 0 Å². The summed E-state index contributed by atoms with van der Waals surface area (Å²) in [7, 11) is 0. The number of anilines is 1. The van der Waals surface area contributed by atoms with Gasteiger partial charge in [-0.15, -0.1) is 0 Å². The predicted octanol–water partition coefficient (Wildman–Crippen LogP) is 5.10. The number of aromatic nitrogens is 1. The number of nitrogens with one attached hydrogen (secondary N) is 2. The van der Waals surface area contributed by atoms with E-state index in [-0.39, 0.29) is 29.9 Å². The Labute approximate surface area is 174 Å². The van der Waals surface area contributed by atoms with Gasteiger partial charge in [-0.2, -0.15) is 13.2 Å². The lowest BCUT2D eigenvalue weighted by molar-refractivity contribution is -0.141. The molecule has 0 spiro atoms. The number of benzene rings is 1. The topological polar surface area (TPSA) is 63.2 Å². The van der Waals surface area contributed by atoms with Gasteiger partial charge in [0, 0.05) is 18.9 Å². The number of rotatable bonds is 7. The molecule has 2 aromatic rings. The molecule has 0 aliphatic heterocycles. The Morgan fingerprint density at radius 1 is 1.20 bits per heavy atom. The van der Waals surface area contributed by atoms with E-state index in [1.807, 2.05) is 38.1 Å². The Balaban J connectivity index is 1.52. The van der Waals surface area contributed by atoms with Crippen molar-refractivity contribution in [1.82, 2.24) is 10.3 Å². The minimum Gasteiger partial charge on any atom is -0.490 e. The molecule has 1 fully saturated rings. The summed E-state index contributed by atoms with van der Waals surface area (Å²) in [4.78, 5) is 15.2. The number of pyridine rings is 1. The van der Waals surface area contributed by atoms with Crippen LogP contribution in [0.1, 0.15) is 56.8 Å². The third kappa shape index (κ3) is 5.87. The fourth-order valence-corrected chi connectivity index (χ4v) is 3.51. The largest absolute Gasteiger partial charge is 0.490 e. The molecule has 1 aliphatic rings. The summed E-state index contributed by atoms with van der Waals surface area (Å²) < 4.78 is 44.5. The molecule has 0 saturated heterocycles. The molecule has 30 heavy (non-hydrogen) atoms. The number of hydrogen-bond donors (Lipinski definition) is 2. The molecule has 1 aromatic heterocycles. The molecular weight excluding hydrogens is 395 g/mol. The number of amides is 1. The lowest BCUT2D eigenvalue weighted by Crippen LogP contribution is -2.25. The Bertz CT molecular complexity index is 855. The van der Waals surface area contributed by atoms with E-state index in [0.29, 0.717) is 12.8 Å². The van der Waals surface area contributed by atoms with Gasteiger partial charge in [-0.1, -0.05) is 25.1 Å². The van der Waals surface area contributed by atoms with Gasteiger partial charge in [0.2, 0.25) is 5.91 Å². The minimum atomic E-state index is -4.46. The van der Waals surface area contributed by atoms with Gasteiger partial charge in [-0.05, 0) is 49.6 Å². The monoisotopic (exact) mass is 421 g/mol. The fourth-order valence-electron chi connectivity index (χ4n) is 3.51. The van der Waals surface area contributed by atoms with Crippen molar-refractivity contribution >= 4 is 11.7 Å². The van der Waals surface area contributed by atoms with Crippen molar-refractivity contribution in [3.05, 3.63) is 53.7 Å². The van der Waals surface area contributed by atoms with Crippen LogP contribution in [0.3, 0.4) is 0 Å². The van der Waals surface area contributed by atoms with Gasteiger partial charge in [0.25, 0.3) is 0 Å². The number of carbonyl (C=O) groups excluding carboxylic acids is 1. The summed E-state index contributed by atoms with van der Waals surface area (Å²) in [5.74, 6) is 0.959. The van der Waals surface area contributed by atoms with E-state index >= 15 is 0 Å². The van der Waals surface area contributed by atoms with Gasteiger partial charge in [-0.3, -0.25) is 4.79 Å². The zero-order valence-electron chi connectivity index (χ0n) is 17.0. The van der Waals surface area contributed by atoms with Crippen LogP contribution in [0.4, 0.5) is 19.0 Å². The third-order valence-electron chi connectivity index (χ3n) is 5.16. The molecule has 1 aliphatic carbocycles. The Kier molecular flexibility index (Phi) is 6.84. The maximum atomic E-state index is 12.8. The molecule has 2 N–H and O–H groups in total. The summed E-state index contributed by atoms with van der Waals surface area (Å²) in [6.07, 6.45) is -1.75. The average Bonchev–Trinajstić information content (AvgIpc) is 3.14. The van der Waals surface area contributed by atoms with E-state index in [4.69, 9.17) is 4.74 Å². The molecule has 1 heterocycles. The van der Waals surface area contributed by atoms with Gasteiger partial charge in [0.05, 0.1) is 6.04 Å². The van der Waals surface area contributed by atoms with E-state index in [0.717, 1.165) is 30.2 Å². The predicted molar refractivity (Wildman–Crippen MR) is 108 cm³/mol. The standard InChI is InChI=1S/C22H26F3N3O2/c1-3-21(29)26-14(2)15-7-10-17(11-8-15)30-18-12-9-16(13-18)27-20-6-4-5-19(28-20)22(23,24)25/h4-8,10-11,14,16,18H,3,9,12-13H2,1-2H3,(H,26,29)(H,27,28)/t14-,16?,18?/m0/s1. The van der Waals surface area contributed by atoms with Gasteiger partial charge in [0.15, 0.2) is 0 Å². The number of halogens is 3. The van der Waals surface area contributed by atoms with Gasteiger partial charge in [0.1, 0.15) is 23.4 Å². The molecule has 2 unspecified atom stereocenters. The highest BCUT2D eigenvalue weighted by atomic mass is 19.4. The second kappa shape index (κ2) is 9.36. The molecule has 5 nitrogen and oxygen atoms in total. The number of nitrogens with zero attached hydrogens (tertiary/aromatic N) is 1. The van der Waals surface area contributed by atoms with Crippen molar-refractivity contribution in [3.63, 3.8) is 0 Å². The maximum Gasteiger partial charge on any atom is 0.433 e. The Morgan fingerprint density at radius 2 is 1.93 bits per heavy atom. The summed E-state index contributed by atoms with van der Waals surface area (Å²) in [6.45, 7) is 3.74. The first-order valence-electron chi connectivity index (χ1n) is 10.1. The first-order valence-corrected chi connectivity index (χ1v) is 10.1. The van der Waals surface area contributed by atoms with Crippen LogP contribution in [0.2, 0.25) is 0 Å². The van der Waals surface area contributed by atoms with E-state index in [2.05, 4.69) is 15.6 Å². The van der Waals surface area contributed by atoms with Crippen molar-refractivity contribution in [2.24, 2.45) is 0 Å². The van der Waals surface area contributed by atoms with Gasteiger partial charge < -0.3 is 15.4 Å².